The van der Waals surface area contributed by atoms with Gasteiger partial charge in [-0.25, -0.2) is 9.79 Å². The summed E-state index contributed by atoms with van der Waals surface area (Å²) in [5, 5.41) is 17.0. The molecule has 0 bridgehead atoms. The Hall–Kier alpha value is -4.46. The molecule has 2 heterocycles. The van der Waals surface area contributed by atoms with Crippen molar-refractivity contribution < 1.29 is 32.8 Å². The number of amides is 3. The van der Waals surface area contributed by atoms with Crippen LogP contribution in [0.15, 0.2) is 29.3 Å². The zero-order valence-corrected chi connectivity index (χ0v) is 21.9. The van der Waals surface area contributed by atoms with E-state index in [2.05, 4.69) is 25.8 Å². The van der Waals surface area contributed by atoms with Gasteiger partial charge in [0.2, 0.25) is 11.8 Å². The second-order valence-corrected chi connectivity index (χ2v) is 9.85. The number of ether oxygens (including phenoxy) is 2. The first-order valence-corrected chi connectivity index (χ1v) is 12.1. The smallest absolute Gasteiger partial charge is 0.405 e. The van der Waals surface area contributed by atoms with Gasteiger partial charge in [-0.3, -0.25) is 9.59 Å². The molecule has 1 aromatic carbocycles. The molecule has 3 amide bonds. The molecule has 1 aliphatic carbocycles. The second-order valence-electron chi connectivity index (χ2n) is 9.85. The quantitative estimate of drug-likeness (QED) is 0.366. The van der Waals surface area contributed by atoms with Crippen molar-refractivity contribution in [2.45, 2.75) is 45.3 Å². The molecule has 14 heteroatoms. The van der Waals surface area contributed by atoms with Crippen molar-refractivity contribution in [3.05, 3.63) is 35.5 Å². The largest absolute Gasteiger partial charge is 0.494 e. The SMILES string of the molecule is [2H]C([2H])([2H])NC(=O)c1nnc(NC(=O)C2CC2)cc1Nc1cccc(C2N=C(COC(N)=O)ON2C(C)(C)C)c1OC. The number of carbonyl (C=O) groups excluding carboxylic acids is 3. The van der Waals surface area contributed by atoms with Gasteiger partial charge in [-0.1, -0.05) is 12.1 Å². The van der Waals surface area contributed by atoms with E-state index < -0.39 is 30.7 Å². The van der Waals surface area contributed by atoms with E-state index in [-0.39, 0.29) is 41.5 Å². The fourth-order valence-electron chi connectivity index (χ4n) is 3.85. The number of hydroxylamine groups is 2. The zero-order valence-electron chi connectivity index (χ0n) is 24.9. The maximum atomic E-state index is 12.8. The topological polar surface area (TPSA) is 182 Å². The molecule has 2 aliphatic rings. The molecular formula is C25H32N8O6. The third-order valence-electron chi connectivity index (χ3n) is 5.81. The average Bonchev–Trinajstić information content (AvgIpc) is 3.64. The van der Waals surface area contributed by atoms with Crippen LogP contribution in [-0.4, -0.2) is 65.3 Å². The number of aromatic nitrogens is 2. The third kappa shape index (κ3) is 6.34. The average molecular weight is 544 g/mol. The van der Waals surface area contributed by atoms with Crippen LogP contribution in [-0.2, 0) is 14.4 Å². The lowest BCUT2D eigenvalue weighted by atomic mass is 10.0. The van der Waals surface area contributed by atoms with Gasteiger partial charge in [0.25, 0.3) is 5.91 Å². The molecule has 1 saturated carbocycles. The number of aliphatic imine (C=N–C) groups is 1. The molecule has 14 nitrogen and oxygen atoms in total. The van der Waals surface area contributed by atoms with Crippen LogP contribution in [0.25, 0.3) is 0 Å². The van der Waals surface area contributed by atoms with Crippen molar-refractivity contribution in [3.8, 4) is 5.75 Å². The minimum atomic E-state index is -2.78. The lowest BCUT2D eigenvalue weighted by Crippen LogP contribution is -2.41. The Kier molecular flexibility index (Phi) is 6.73. The highest BCUT2D eigenvalue weighted by molar-refractivity contribution is 5.99. The number of benzene rings is 1. The molecule has 2 aromatic rings. The number of para-hydroxylation sites is 1. The summed E-state index contributed by atoms with van der Waals surface area (Å²) in [6, 6.07) is 6.51. The number of nitrogens with one attached hydrogen (secondary N) is 3. The number of carbonyl (C=O) groups is 3. The van der Waals surface area contributed by atoms with Crippen LogP contribution in [0.1, 0.15) is 59.9 Å². The van der Waals surface area contributed by atoms with Crippen LogP contribution >= 0.6 is 0 Å². The Morgan fingerprint density at radius 2 is 2.00 bits per heavy atom. The normalized spacial score (nSPS) is 18.5. The number of nitrogens with two attached hydrogens (primary N) is 1. The minimum absolute atomic E-state index is 0.0581. The fraction of sp³-hybridized carbons (Fsp3) is 0.440. The van der Waals surface area contributed by atoms with Crippen LogP contribution in [0.2, 0.25) is 0 Å². The second kappa shape index (κ2) is 11.1. The fourth-order valence-corrected chi connectivity index (χ4v) is 3.85. The third-order valence-corrected chi connectivity index (χ3v) is 5.81. The summed E-state index contributed by atoms with van der Waals surface area (Å²) in [6.45, 7) is 2.64. The maximum Gasteiger partial charge on any atom is 0.405 e. The van der Waals surface area contributed by atoms with Gasteiger partial charge < -0.3 is 36.0 Å². The predicted molar refractivity (Wildman–Crippen MR) is 141 cm³/mol. The molecule has 1 aliphatic heterocycles. The summed E-state index contributed by atoms with van der Waals surface area (Å²) in [4.78, 5) is 46.8. The van der Waals surface area contributed by atoms with E-state index >= 15 is 0 Å². The first kappa shape index (κ1) is 23.6. The van der Waals surface area contributed by atoms with Crippen molar-refractivity contribution in [2.24, 2.45) is 16.6 Å². The summed E-state index contributed by atoms with van der Waals surface area (Å²) < 4.78 is 32.8. The molecular weight excluding hydrogens is 508 g/mol. The van der Waals surface area contributed by atoms with Gasteiger partial charge in [0.05, 0.1) is 24.0 Å². The van der Waals surface area contributed by atoms with E-state index in [4.69, 9.17) is 24.2 Å². The van der Waals surface area contributed by atoms with Crippen molar-refractivity contribution in [2.75, 3.05) is 31.3 Å². The molecule has 39 heavy (non-hydrogen) atoms. The maximum absolute atomic E-state index is 12.8. The van der Waals surface area contributed by atoms with Gasteiger partial charge in [-0.2, -0.15) is 0 Å². The van der Waals surface area contributed by atoms with Gasteiger partial charge in [-0.15, -0.1) is 15.3 Å². The van der Waals surface area contributed by atoms with E-state index in [0.29, 0.717) is 17.0 Å². The lowest BCUT2D eigenvalue weighted by Gasteiger charge is -2.34. The Bertz CT molecular complexity index is 1410. The van der Waals surface area contributed by atoms with E-state index in [0.717, 1.165) is 12.8 Å². The van der Waals surface area contributed by atoms with Crippen LogP contribution in [0.4, 0.5) is 22.0 Å². The van der Waals surface area contributed by atoms with Gasteiger partial charge in [-0.05, 0) is 39.7 Å². The molecule has 4 rings (SSSR count). The number of anilines is 3. The predicted octanol–water partition coefficient (Wildman–Crippen LogP) is 2.48. The Morgan fingerprint density at radius 1 is 1.23 bits per heavy atom. The van der Waals surface area contributed by atoms with Crippen molar-refractivity contribution in [1.29, 1.82) is 0 Å². The molecule has 1 unspecified atom stereocenters. The number of primary amides is 1. The molecule has 0 radical (unpaired) electrons. The van der Waals surface area contributed by atoms with Crippen molar-refractivity contribution in [3.63, 3.8) is 0 Å². The number of hydrogen-bond acceptors (Lipinski definition) is 11. The Labute approximate surface area is 229 Å². The molecule has 208 valence electrons. The first-order valence-electron chi connectivity index (χ1n) is 13.6. The number of hydrogen-bond donors (Lipinski definition) is 4. The van der Waals surface area contributed by atoms with E-state index in [1.54, 1.807) is 23.3 Å². The first-order chi connectivity index (χ1) is 19.7. The molecule has 1 fully saturated rings. The Morgan fingerprint density at radius 3 is 2.64 bits per heavy atom. The lowest BCUT2D eigenvalue weighted by molar-refractivity contribution is -0.153. The summed E-state index contributed by atoms with van der Waals surface area (Å²) in [6.07, 6.45) is -0.186. The highest BCUT2D eigenvalue weighted by Crippen LogP contribution is 2.42. The highest BCUT2D eigenvalue weighted by atomic mass is 16.7. The van der Waals surface area contributed by atoms with Gasteiger partial charge >= 0.3 is 6.09 Å². The summed E-state index contributed by atoms with van der Waals surface area (Å²) in [5.41, 5.74) is 5.16. The van der Waals surface area contributed by atoms with E-state index in [1.165, 1.54) is 13.2 Å². The van der Waals surface area contributed by atoms with E-state index in [1.807, 2.05) is 26.1 Å². The van der Waals surface area contributed by atoms with Gasteiger partial charge in [0, 0.05) is 28.6 Å². The van der Waals surface area contributed by atoms with E-state index in [9.17, 15) is 14.4 Å². The zero-order chi connectivity index (χ0) is 30.8. The Balaban J connectivity index is 1.73. The van der Waals surface area contributed by atoms with Crippen LogP contribution in [0.5, 0.6) is 5.75 Å². The van der Waals surface area contributed by atoms with Gasteiger partial charge in [0.1, 0.15) is 5.75 Å². The molecule has 0 spiro atoms. The molecule has 1 atom stereocenters. The number of methoxy groups -OCH3 is 1. The van der Waals surface area contributed by atoms with Crippen LogP contribution in [0.3, 0.4) is 0 Å². The van der Waals surface area contributed by atoms with Crippen molar-refractivity contribution >= 4 is 41.0 Å². The summed E-state index contributed by atoms with van der Waals surface area (Å²) in [7, 11) is 1.44. The monoisotopic (exact) mass is 543 g/mol. The molecule has 5 N–H and O–H groups in total. The van der Waals surface area contributed by atoms with Crippen LogP contribution < -0.4 is 26.4 Å². The number of nitrogens with zero attached hydrogens (tertiary/aromatic N) is 4. The minimum Gasteiger partial charge on any atom is -0.494 e. The highest BCUT2D eigenvalue weighted by Gasteiger charge is 2.40. The molecule has 1 aromatic heterocycles. The van der Waals surface area contributed by atoms with Crippen LogP contribution in [0, 0.1) is 5.92 Å². The summed E-state index contributed by atoms with van der Waals surface area (Å²) in [5.74, 6) is -0.853. The number of rotatable bonds is 9. The molecule has 0 saturated heterocycles. The van der Waals surface area contributed by atoms with Gasteiger partial charge in [0.15, 0.2) is 24.3 Å². The van der Waals surface area contributed by atoms with Crippen molar-refractivity contribution in [1.82, 2.24) is 20.6 Å². The standard InChI is InChI=1S/C25H32N8O6/c1-25(2,3)33-21(30-18(39-33)12-38-24(26)36)14-7-6-8-15(20(14)37-5)28-16-11-17(29-22(34)13-9-10-13)31-32-19(16)23(35)27-4/h6-8,11,13,21H,9-10,12H2,1-5H3,(H2,26,36)(H,27,35)(H2,28,29,31,34)/i4D3. The summed E-state index contributed by atoms with van der Waals surface area (Å²) >= 11 is 0.